The Balaban J connectivity index is 1.13. The minimum absolute atomic E-state index is 0.0406. The Bertz CT molecular complexity index is 2610. The molecule has 0 bridgehead atoms. The van der Waals surface area contributed by atoms with E-state index in [-0.39, 0.29) is 33.0 Å². The van der Waals surface area contributed by atoms with Crippen LogP contribution in [0.25, 0.3) is 10.4 Å². The second-order valence-electron chi connectivity index (χ2n) is 20.3. The number of nitrogens with zero attached hydrogens (tertiary/aromatic N) is 3. The first kappa shape index (κ1) is 52.3. The number of rotatable bonds is 21. The molecule has 0 unspecified atom stereocenters. The van der Waals surface area contributed by atoms with Crippen LogP contribution in [0.15, 0.2) is 187 Å². The van der Waals surface area contributed by atoms with Crippen LogP contribution in [0.4, 0.5) is 0 Å². The molecule has 13 nitrogen and oxygen atoms in total. The van der Waals surface area contributed by atoms with Crippen molar-refractivity contribution in [3.05, 3.63) is 215 Å². The van der Waals surface area contributed by atoms with Gasteiger partial charge in [-0.3, -0.25) is 0 Å². The predicted octanol–water partition coefficient (Wildman–Crippen LogP) is 10.2. The van der Waals surface area contributed by atoms with E-state index in [4.69, 9.17) is 47.1 Å². The van der Waals surface area contributed by atoms with Crippen LogP contribution < -0.4 is 10.4 Å². The Labute approximate surface area is 430 Å². The number of fused-ring (bicyclic) bond motifs is 1. The summed E-state index contributed by atoms with van der Waals surface area (Å²) in [6.45, 7) is 11.6. The van der Waals surface area contributed by atoms with Crippen LogP contribution in [0.2, 0.25) is 5.04 Å². The molecule has 0 N–H and O–H groups in total. The molecule has 0 amide bonds. The highest BCUT2D eigenvalue weighted by Gasteiger charge is 2.60. The fourth-order valence-electron chi connectivity index (χ4n) is 10.2. The number of ether oxygens (including phenoxy) is 9. The van der Waals surface area contributed by atoms with Crippen LogP contribution in [0.3, 0.4) is 0 Å². The summed E-state index contributed by atoms with van der Waals surface area (Å²) in [5, 5.41) is 6.13. The highest BCUT2D eigenvalue weighted by Crippen LogP contribution is 2.43. The Morgan fingerprint density at radius 2 is 0.932 bits per heavy atom. The minimum atomic E-state index is -3.37. The lowest BCUT2D eigenvalue weighted by atomic mass is 9.95. The summed E-state index contributed by atoms with van der Waals surface area (Å²) in [5.74, 6) is -0.985. The lowest BCUT2D eigenvalue weighted by Gasteiger charge is -2.51. The summed E-state index contributed by atoms with van der Waals surface area (Å²) in [6, 6.07) is 59.2. The third-order valence-electron chi connectivity index (χ3n) is 13.6. The molecule has 3 heterocycles. The summed E-state index contributed by atoms with van der Waals surface area (Å²) in [7, 11) is -3.37. The zero-order chi connectivity index (χ0) is 50.7. The van der Waals surface area contributed by atoms with E-state index >= 15 is 0 Å². The number of hydrogen-bond acceptors (Lipinski definition) is 11. The first-order valence-corrected chi connectivity index (χ1v) is 27.1. The van der Waals surface area contributed by atoms with E-state index in [0.29, 0.717) is 6.61 Å². The van der Waals surface area contributed by atoms with Crippen LogP contribution in [0.1, 0.15) is 56.9 Å². The molecule has 0 saturated carbocycles. The van der Waals surface area contributed by atoms with Crippen molar-refractivity contribution in [1.29, 1.82) is 0 Å². The van der Waals surface area contributed by atoms with Gasteiger partial charge in [-0.15, -0.1) is 0 Å². The molecule has 3 saturated heterocycles. The van der Waals surface area contributed by atoms with Crippen molar-refractivity contribution in [2.75, 3.05) is 13.2 Å². The van der Waals surface area contributed by atoms with Crippen molar-refractivity contribution in [3.8, 4) is 0 Å². The highest BCUT2D eigenvalue weighted by molar-refractivity contribution is 6.99. The van der Waals surface area contributed by atoms with Gasteiger partial charge in [-0.25, -0.2) is 0 Å². The molecule has 6 aromatic carbocycles. The quantitative estimate of drug-likeness (QED) is 0.0296. The Hall–Kier alpha value is -5.55. The van der Waals surface area contributed by atoms with Crippen LogP contribution >= 0.6 is 0 Å². The SMILES string of the molecule is CC1(C)O[C@H]2[C@@H](O1)[C@@H](COCc1ccccc1)O[C@@H](O[C@H]1[C@H](OCc3ccccc3)[C@@H](N=[N+]=[N-])[C@H](O[Si](c3ccccc3)(c3ccccc3)C(C)(C)C)O[C@@H]1COCc1ccccc1)[C@@H]2OCc1ccccc1. The Morgan fingerprint density at radius 3 is 1.40 bits per heavy atom. The van der Waals surface area contributed by atoms with E-state index in [9.17, 15) is 5.53 Å². The van der Waals surface area contributed by atoms with Gasteiger partial charge >= 0.3 is 0 Å². The van der Waals surface area contributed by atoms with Crippen LogP contribution in [0, 0.1) is 0 Å². The zero-order valence-electron chi connectivity index (χ0n) is 42.3. The minimum Gasteiger partial charge on any atom is -0.382 e. The van der Waals surface area contributed by atoms with Crippen LogP contribution in [0.5, 0.6) is 0 Å². The van der Waals surface area contributed by atoms with Crippen molar-refractivity contribution in [2.24, 2.45) is 5.11 Å². The summed E-state index contributed by atoms with van der Waals surface area (Å²) >= 11 is 0. The van der Waals surface area contributed by atoms with Gasteiger partial charge in [0.05, 0.1) is 39.6 Å². The summed E-state index contributed by atoms with van der Waals surface area (Å²) < 4.78 is 69.8. The van der Waals surface area contributed by atoms with E-state index in [0.717, 1.165) is 32.6 Å². The fourth-order valence-corrected chi connectivity index (χ4v) is 14.8. The molecule has 3 aliphatic rings. The molecule has 0 radical (unpaired) electrons. The lowest BCUT2D eigenvalue weighted by molar-refractivity contribution is -0.345. The average molecular weight is 1010 g/mol. The number of hydrogen-bond donors (Lipinski definition) is 0. The van der Waals surface area contributed by atoms with Gasteiger partial charge in [0.25, 0.3) is 8.32 Å². The van der Waals surface area contributed by atoms with E-state index in [1.54, 1.807) is 0 Å². The van der Waals surface area contributed by atoms with Gasteiger partial charge in [0, 0.05) is 4.91 Å². The molecule has 3 fully saturated rings. The van der Waals surface area contributed by atoms with Gasteiger partial charge in [-0.2, -0.15) is 0 Å². The zero-order valence-corrected chi connectivity index (χ0v) is 43.3. The summed E-state index contributed by atoms with van der Waals surface area (Å²) in [4.78, 5) is 3.47. The van der Waals surface area contributed by atoms with Crippen LogP contribution in [-0.4, -0.2) is 88.7 Å². The maximum Gasteiger partial charge on any atom is 0.264 e. The molecule has 0 aromatic heterocycles. The molecule has 382 valence electrons. The fraction of sp³-hybridized carbons (Fsp3) is 0.390. The lowest BCUT2D eigenvalue weighted by Crippen LogP contribution is -2.71. The Morgan fingerprint density at radius 1 is 0.521 bits per heavy atom. The first-order chi connectivity index (χ1) is 35.5. The predicted molar refractivity (Wildman–Crippen MR) is 280 cm³/mol. The summed E-state index contributed by atoms with van der Waals surface area (Å²) in [5.41, 5.74) is 14.5. The van der Waals surface area contributed by atoms with Crippen molar-refractivity contribution in [1.82, 2.24) is 0 Å². The van der Waals surface area contributed by atoms with Crippen molar-refractivity contribution in [2.45, 2.75) is 133 Å². The first-order valence-electron chi connectivity index (χ1n) is 25.2. The van der Waals surface area contributed by atoms with Crippen molar-refractivity contribution in [3.63, 3.8) is 0 Å². The topological polar surface area (TPSA) is 141 Å². The molecule has 3 aliphatic heterocycles. The van der Waals surface area contributed by atoms with Crippen molar-refractivity contribution >= 4 is 18.7 Å². The second kappa shape index (κ2) is 24.2. The third kappa shape index (κ3) is 12.7. The van der Waals surface area contributed by atoms with Gasteiger partial charge < -0.3 is 47.1 Å². The van der Waals surface area contributed by atoms with Gasteiger partial charge in [0.15, 0.2) is 18.4 Å². The molecule has 6 aromatic rings. The highest BCUT2D eigenvalue weighted by atomic mass is 28.4. The van der Waals surface area contributed by atoms with Crippen molar-refractivity contribution < 1.29 is 47.1 Å². The Kier molecular flexibility index (Phi) is 17.3. The molecule has 0 spiro atoms. The van der Waals surface area contributed by atoms with E-state index in [2.05, 4.69) is 55.1 Å². The molecule has 14 heteroatoms. The largest absolute Gasteiger partial charge is 0.382 e. The monoisotopic (exact) mass is 1010 g/mol. The van der Waals surface area contributed by atoms with E-state index < -0.39 is 80.5 Å². The van der Waals surface area contributed by atoms with E-state index in [1.807, 2.05) is 172 Å². The standard InChI is InChI=1S/C59H67N3O10Si/c1-58(2,3)73(46-32-20-10-21-33-46,47-34-22-11-23-35-47)72-56-50(61-62-60)53(65-38-44-28-16-8-17-29-44)51(48(67-56)40-63-36-42-24-12-6-13-25-42)69-57-55(66-39-45-30-18-9-19-31-45)54-52(70-59(4,5)71-54)49(68-57)41-64-37-43-26-14-7-15-27-43/h6-35,48-57H,36-41H2,1-5H3/t48-,49-,50-,51-,52+,53-,54+,55-,56+,57+/m1/s1. The number of azide groups is 1. The second-order valence-corrected chi connectivity index (χ2v) is 24.5. The van der Waals surface area contributed by atoms with Gasteiger partial charge in [-0.05, 0) is 57.0 Å². The molecule has 9 rings (SSSR count). The molecular weight excluding hydrogens is 939 g/mol. The molecule has 0 aliphatic carbocycles. The maximum atomic E-state index is 10.6. The molecule has 10 atom stereocenters. The van der Waals surface area contributed by atoms with Gasteiger partial charge in [0.1, 0.15) is 48.8 Å². The van der Waals surface area contributed by atoms with Gasteiger partial charge in [-0.1, -0.05) is 208 Å². The van der Waals surface area contributed by atoms with Crippen LogP contribution in [-0.2, 0) is 73.5 Å². The third-order valence-corrected chi connectivity index (χ3v) is 18.6. The number of benzene rings is 6. The molecular formula is C59H67N3O10Si. The van der Waals surface area contributed by atoms with Gasteiger partial charge in [0.2, 0.25) is 0 Å². The average Bonchev–Trinajstić information content (AvgIpc) is 3.74. The molecule has 73 heavy (non-hydrogen) atoms. The summed E-state index contributed by atoms with van der Waals surface area (Å²) in [6.07, 6.45) is -7.83. The maximum absolute atomic E-state index is 10.6. The van der Waals surface area contributed by atoms with E-state index in [1.165, 1.54) is 0 Å². The smallest absolute Gasteiger partial charge is 0.264 e. The normalized spacial score (nSPS) is 25.9.